The number of carbonyl (C=O) groups is 2. The van der Waals surface area contributed by atoms with E-state index in [2.05, 4.69) is 31.4 Å². The van der Waals surface area contributed by atoms with E-state index in [-0.39, 0.29) is 28.7 Å². The minimum absolute atomic E-state index is 0.0386. The molecule has 2 aromatic rings. The first-order valence-electron chi connectivity index (χ1n) is 12.2. The Hall–Kier alpha value is -2.39. The number of hydrogen-bond acceptors (Lipinski definition) is 6. The largest absolute Gasteiger partial charge is 0.494 e. The zero-order valence-corrected chi connectivity index (χ0v) is 22.4. The van der Waals surface area contributed by atoms with E-state index in [4.69, 9.17) is 4.74 Å². The molecule has 1 aliphatic carbocycles. The minimum atomic E-state index is -3.12. The topological polar surface area (TPSA) is 102 Å². The Morgan fingerprint density at radius 2 is 1.94 bits per heavy atom. The molecule has 2 amide bonds. The van der Waals surface area contributed by atoms with Crippen LogP contribution in [0.4, 0.5) is 5.00 Å². The lowest BCUT2D eigenvalue weighted by atomic mass is 9.72. The van der Waals surface area contributed by atoms with Gasteiger partial charge in [0.2, 0.25) is 0 Å². The molecule has 2 N–H and O–H groups in total. The molecule has 2 aliphatic rings. The second-order valence-electron chi connectivity index (χ2n) is 10.5. The van der Waals surface area contributed by atoms with Gasteiger partial charge in [0.05, 0.1) is 23.7 Å². The normalized spacial score (nSPS) is 21.3. The third kappa shape index (κ3) is 5.89. The van der Waals surface area contributed by atoms with Crippen molar-refractivity contribution in [3.8, 4) is 5.75 Å². The zero-order valence-electron chi connectivity index (χ0n) is 20.8. The average molecular weight is 519 g/mol. The Morgan fingerprint density at radius 3 is 2.60 bits per heavy atom. The molecular formula is C26H34N2O5S2. The number of rotatable bonds is 6. The van der Waals surface area contributed by atoms with Crippen LogP contribution in [0.2, 0.25) is 0 Å². The van der Waals surface area contributed by atoms with E-state index in [0.29, 0.717) is 40.8 Å². The van der Waals surface area contributed by atoms with Crippen molar-refractivity contribution >= 4 is 38.0 Å². The van der Waals surface area contributed by atoms with Crippen molar-refractivity contribution in [3.05, 3.63) is 45.8 Å². The fourth-order valence-electron chi connectivity index (χ4n) is 4.89. The molecule has 1 aromatic heterocycles. The number of hydrogen-bond donors (Lipinski definition) is 2. The first-order chi connectivity index (χ1) is 16.5. The molecule has 2 heterocycles. The highest BCUT2D eigenvalue weighted by molar-refractivity contribution is 7.91. The van der Waals surface area contributed by atoms with Gasteiger partial charge in [-0.3, -0.25) is 9.59 Å². The number of ether oxygens (including phenoxy) is 1. The molecule has 2 unspecified atom stereocenters. The maximum atomic E-state index is 13.4. The molecule has 9 heteroatoms. The molecule has 2 atom stereocenters. The molecule has 4 rings (SSSR count). The van der Waals surface area contributed by atoms with E-state index in [1.54, 1.807) is 24.3 Å². The van der Waals surface area contributed by atoms with Crippen LogP contribution in [0.25, 0.3) is 0 Å². The van der Waals surface area contributed by atoms with E-state index < -0.39 is 15.9 Å². The fraction of sp³-hybridized carbons (Fsp3) is 0.538. The summed E-state index contributed by atoms with van der Waals surface area (Å²) >= 11 is 1.46. The van der Waals surface area contributed by atoms with Gasteiger partial charge in [-0.25, -0.2) is 8.42 Å². The van der Waals surface area contributed by atoms with Crippen LogP contribution in [0.1, 0.15) is 71.7 Å². The highest BCUT2D eigenvalue weighted by atomic mass is 32.2. The van der Waals surface area contributed by atoms with Gasteiger partial charge in [-0.2, -0.15) is 0 Å². The van der Waals surface area contributed by atoms with E-state index in [1.165, 1.54) is 11.3 Å². The maximum Gasteiger partial charge on any atom is 0.256 e. The molecule has 1 aromatic carbocycles. The summed E-state index contributed by atoms with van der Waals surface area (Å²) in [5.41, 5.74) is 2.05. The van der Waals surface area contributed by atoms with E-state index >= 15 is 0 Å². The predicted octanol–water partition coefficient (Wildman–Crippen LogP) is 4.47. The number of carbonyl (C=O) groups excluding carboxylic acids is 2. The Morgan fingerprint density at radius 1 is 1.17 bits per heavy atom. The molecule has 0 saturated carbocycles. The summed E-state index contributed by atoms with van der Waals surface area (Å²) in [6, 6.07) is 6.56. The average Bonchev–Trinajstić information content (AvgIpc) is 3.31. The predicted molar refractivity (Wildman–Crippen MR) is 139 cm³/mol. The number of benzene rings is 1. The van der Waals surface area contributed by atoms with Crippen molar-refractivity contribution in [2.45, 2.75) is 59.4 Å². The van der Waals surface area contributed by atoms with Crippen LogP contribution in [0.5, 0.6) is 5.75 Å². The Kier molecular flexibility index (Phi) is 7.29. The molecule has 1 aliphatic heterocycles. The van der Waals surface area contributed by atoms with Gasteiger partial charge in [0, 0.05) is 16.5 Å². The van der Waals surface area contributed by atoms with Crippen molar-refractivity contribution in [1.82, 2.24) is 5.32 Å². The van der Waals surface area contributed by atoms with Gasteiger partial charge in [-0.15, -0.1) is 11.3 Å². The lowest BCUT2D eigenvalue weighted by Crippen LogP contribution is -2.36. The molecule has 0 spiro atoms. The maximum absolute atomic E-state index is 13.4. The summed E-state index contributed by atoms with van der Waals surface area (Å²) in [6.45, 7) is 9.09. The van der Waals surface area contributed by atoms with Gasteiger partial charge in [-0.05, 0) is 67.7 Å². The summed E-state index contributed by atoms with van der Waals surface area (Å²) in [5, 5.41) is 6.42. The molecule has 35 heavy (non-hydrogen) atoms. The Balaban J connectivity index is 1.64. The lowest BCUT2D eigenvalue weighted by Gasteiger charge is -2.33. The number of amides is 2. The fourth-order valence-corrected chi connectivity index (χ4v) is 7.88. The number of sulfone groups is 1. The van der Waals surface area contributed by atoms with Crippen LogP contribution in [-0.4, -0.2) is 44.4 Å². The second kappa shape index (κ2) is 9.93. The number of anilines is 1. The van der Waals surface area contributed by atoms with Crippen LogP contribution in [0, 0.1) is 11.3 Å². The van der Waals surface area contributed by atoms with Gasteiger partial charge >= 0.3 is 0 Å². The SMILES string of the molecule is CCOc1cccc(C(=O)Nc2sc3c(c2C(=O)NC2CCS(=O)(=O)C2)CCC(C(C)(C)C)C3)c1. The quantitative estimate of drug-likeness (QED) is 0.588. The first kappa shape index (κ1) is 25.7. The van der Waals surface area contributed by atoms with Gasteiger partial charge < -0.3 is 15.4 Å². The summed E-state index contributed by atoms with van der Waals surface area (Å²) < 4.78 is 29.3. The van der Waals surface area contributed by atoms with Crippen LogP contribution < -0.4 is 15.4 Å². The molecule has 1 saturated heterocycles. The number of thiophene rings is 1. The van der Waals surface area contributed by atoms with E-state index in [1.807, 2.05) is 6.92 Å². The first-order valence-corrected chi connectivity index (χ1v) is 14.8. The van der Waals surface area contributed by atoms with Crippen molar-refractivity contribution in [1.29, 1.82) is 0 Å². The second-order valence-corrected chi connectivity index (χ2v) is 13.8. The molecule has 190 valence electrons. The van der Waals surface area contributed by atoms with Crippen molar-refractivity contribution in [2.75, 3.05) is 23.4 Å². The van der Waals surface area contributed by atoms with Crippen molar-refractivity contribution in [2.24, 2.45) is 11.3 Å². The molecule has 0 radical (unpaired) electrons. The standard InChI is InChI=1S/C26H34N2O5S2/c1-5-33-19-8-6-7-16(13-19)23(29)28-25-22(24(30)27-18-11-12-35(31,32)15-18)20-10-9-17(26(2,3)4)14-21(20)34-25/h6-8,13,17-18H,5,9-12,14-15H2,1-4H3,(H,27,30)(H,28,29). The van der Waals surface area contributed by atoms with Crippen molar-refractivity contribution in [3.63, 3.8) is 0 Å². The van der Waals surface area contributed by atoms with Gasteiger partial charge in [0.1, 0.15) is 10.8 Å². The van der Waals surface area contributed by atoms with Crippen LogP contribution in [0.15, 0.2) is 24.3 Å². The highest BCUT2D eigenvalue weighted by Crippen LogP contribution is 2.44. The Labute approximate surface area is 211 Å². The zero-order chi connectivity index (χ0) is 25.4. The van der Waals surface area contributed by atoms with E-state index in [9.17, 15) is 18.0 Å². The van der Waals surface area contributed by atoms with E-state index in [0.717, 1.165) is 29.7 Å². The molecular weight excluding hydrogens is 484 g/mol. The highest BCUT2D eigenvalue weighted by Gasteiger charge is 2.36. The van der Waals surface area contributed by atoms with Crippen LogP contribution >= 0.6 is 11.3 Å². The summed E-state index contributed by atoms with van der Waals surface area (Å²) in [7, 11) is -3.12. The number of fused-ring (bicyclic) bond motifs is 1. The third-order valence-electron chi connectivity index (χ3n) is 6.92. The summed E-state index contributed by atoms with van der Waals surface area (Å²) in [5.74, 6) is 0.526. The van der Waals surface area contributed by atoms with Crippen LogP contribution in [0.3, 0.4) is 0 Å². The smallest absolute Gasteiger partial charge is 0.256 e. The number of nitrogens with one attached hydrogen (secondary N) is 2. The summed E-state index contributed by atoms with van der Waals surface area (Å²) in [4.78, 5) is 27.7. The molecule has 1 fully saturated rings. The molecule has 0 bridgehead atoms. The molecule has 7 nitrogen and oxygen atoms in total. The summed E-state index contributed by atoms with van der Waals surface area (Å²) in [6.07, 6.45) is 3.00. The lowest BCUT2D eigenvalue weighted by molar-refractivity contribution is 0.0941. The minimum Gasteiger partial charge on any atom is -0.494 e. The van der Waals surface area contributed by atoms with Gasteiger partial charge in [0.25, 0.3) is 11.8 Å². The van der Waals surface area contributed by atoms with Gasteiger partial charge in [-0.1, -0.05) is 26.8 Å². The Bertz CT molecular complexity index is 1230. The van der Waals surface area contributed by atoms with Crippen molar-refractivity contribution < 1.29 is 22.7 Å². The third-order valence-corrected chi connectivity index (χ3v) is 9.86. The van der Waals surface area contributed by atoms with Crippen LogP contribution in [-0.2, 0) is 22.7 Å². The monoisotopic (exact) mass is 518 g/mol. The van der Waals surface area contributed by atoms with Gasteiger partial charge in [0.15, 0.2) is 9.84 Å².